The van der Waals surface area contributed by atoms with Gasteiger partial charge < -0.3 is 4.52 Å². The minimum Gasteiger partial charge on any atom is -0.360 e. The zero-order valence-electron chi connectivity index (χ0n) is 9.65. The van der Waals surface area contributed by atoms with E-state index in [2.05, 4.69) is 5.16 Å². The number of amides is 1. The van der Waals surface area contributed by atoms with E-state index in [0.717, 1.165) is 17.4 Å². The van der Waals surface area contributed by atoms with Gasteiger partial charge in [-0.25, -0.2) is 5.84 Å². The Kier molecular flexibility index (Phi) is 4.44. The van der Waals surface area contributed by atoms with E-state index in [0.29, 0.717) is 0 Å². The van der Waals surface area contributed by atoms with Gasteiger partial charge in [0, 0.05) is 6.07 Å². The van der Waals surface area contributed by atoms with Crippen LogP contribution in [-0.4, -0.2) is 16.8 Å². The van der Waals surface area contributed by atoms with Crippen molar-refractivity contribution in [3.63, 3.8) is 0 Å². The molecular weight excluding hydrogens is 238 g/mol. The third-order valence-electron chi connectivity index (χ3n) is 3.00. The molecule has 5 nitrogen and oxygen atoms in total. The molecule has 6 heteroatoms. The van der Waals surface area contributed by atoms with Crippen LogP contribution in [0.25, 0.3) is 0 Å². The van der Waals surface area contributed by atoms with E-state index in [4.69, 9.17) is 10.4 Å². The molecule has 0 aliphatic heterocycles. The Morgan fingerprint density at radius 2 is 2.35 bits per heavy atom. The summed E-state index contributed by atoms with van der Waals surface area (Å²) < 4.78 is 5.07. The van der Waals surface area contributed by atoms with Crippen molar-refractivity contribution in [1.29, 1.82) is 0 Å². The summed E-state index contributed by atoms with van der Waals surface area (Å²) in [7, 11) is 0. The molecular formula is C11H17N3O2S. The molecule has 0 spiro atoms. The van der Waals surface area contributed by atoms with Gasteiger partial charge in [0.1, 0.15) is 5.76 Å². The number of aromatic nitrogens is 1. The second kappa shape index (κ2) is 6.07. The van der Waals surface area contributed by atoms with E-state index in [-0.39, 0.29) is 5.69 Å². The van der Waals surface area contributed by atoms with Gasteiger partial charge in [-0.1, -0.05) is 18.0 Å². The summed E-state index contributed by atoms with van der Waals surface area (Å²) >= 11 is 1.84. The third-order valence-corrected chi connectivity index (χ3v) is 4.19. The average Bonchev–Trinajstić information content (AvgIpc) is 2.99. The van der Waals surface area contributed by atoms with E-state index < -0.39 is 5.91 Å². The number of thioether (sulfide) groups is 1. The van der Waals surface area contributed by atoms with Gasteiger partial charge in [-0.2, -0.15) is 11.8 Å². The maximum absolute atomic E-state index is 11.1. The maximum Gasteiger partial charge on any atom is 0.287 e. The number of nitrogen functional groups attached to an aromatic ring is 1. The van der Waals surface area contributed by atoms with E-state index in [1.807, 2.05) is 17.2 Å². The Bertz CT molecular complexity index is 375. The second-order valence-corrected chi connectivity index (χ2v) is 5.35. The number of carbonyl (C=O) groups is 1. The quantitative estimate of drug-likeness (QED) is 0.475. The highest BCUT2D eigenvalue weighted by molar-refractivity contribution is 7.98. The Balaban J connectivity index is 1.74. The molecule has 1 aromatic heterocycles. The lowest BCUT2D eigenvalue weighted by molar-refractivity contribution is 0.0944. The molecule has 1 saturated carbocycles. The third kappa shape index (κ3) is 3.47. The highest BCUT2D eigenvalue weighted by Crippen LogP contribution is 2.29. The average molecular weight is 255 g/mol. The molecule has 1 aliphatic carbocycles. The van der Waals surface area contributed by atoms with Crippen LogP contribution in [0.15, 0.2) is 10.6 Å². The number of hydrogen-bond donors (Lipinski definition) is 2. The van der Waals surface area contributed by atoms with E-state index in [1.165, 1.54) is 31.4 Å². The molecule has 1 amide bonds. The van der Waals surface area contributed by atoms with Gasteiger partial charge in [-0.15, -0.1) is 0 Å². The highest BCUT2D eigenvalue weighted by Gasteiger charge is 2.16. The Morgan fingerprint density at radius 1 is 1.59 bits per heavy atom. The minimum atomic E-state index is -0.416. The van der Waals surface area contributed by atoms with Crippen molar-refractivity contribution < 1.29 is 9.32 Å². The van der Waals surface area contributed by atoms with Crippen LogP contribution in [-0.2, 0) is 5.75 Å². The molecule has 1 aromatic rings. The van der Waals surface area contributed by atoms with Crippen molar-refractivity contribution in [2.24, 2.45) is 11.8 Å². The normalized spacial score (nSPS) is 16.3. The number of nitrogens with two attached hydrogens (primary N) is 1. The molecule has 0 saturated heterocycles. The molecule has 2 rings (SSSR count). The second-order valence-electron chi connectivity index (χ2n) is 4.32. The lowest BCUT2D eigenvalue weighted by Gasteiger charge is -2.06. The molecule has 17 heavy (non-hydrogen) atoms. The minimum absolute atomic E-state index is 0.240. The number of hydrazine groups is 1. The molecule has 3 N–H and O–H groups in total. The Morgan fingerprint density at radius 3 is 3.06 bits per heavy atom. The monoisotopic (exact) mass is 255 g/mol. The van der Waals surface area contributed by atoms with Crippen LogP contribution >= 0.6 is 11.8 Å². The van der Waals surface area contributed by atoms with Gasteiger partial charge in [-0.05, 0) is 24.5 Å². The number of nitrogens with one attached hydrogen (secondary N) is 1. The molecule has 0 atom stereocenters. The topological polar surface area (TPSA) is 81.1 Å². The fourth-order valence-electron chi connectivity index (χ4n) is 2.07. The zero-order valence-corrected chi connectivity index (χ0v) is 10.5. The standard InChI is InChI=1S/C11H17N3O2S/c12-13-11(15)10-5-9(16-14-10)7-17-6-8-3-1-2-4-8/h5,8H,1-4,6-7,12H2,(H,13,15). The molecule has 0 radical (unpaired) electrons. The van der Waals surface area contributed by atoms with Crippen LogP contribution < -0.4 is 11.3 Å². The van der Waals surface area contributed by atoms with Gasteiger partial charge in [-0.3, -0.25) is 10.2 Å². The van der Waals surface area contributed by atoms with Crippen molar-refractivity contribution in [3.8, 4) is 0 Å². The predicted molar refractivity (Wildman–Crippen MR) is 66.3 cm³/mol. The molecule has 1 fully saturated rings. The van der Waals surface area contributed by atoms with Gasteiger partial charge in [0.15, 0.2) is 5.69 Å². The Labute approximate surface area is 104 Å². The molecule has 0 unspecified atom stereocenters. The fourth-order valence-corrected chi connectivity index (χ4v) is 3.19. The summed E-state index contributed by atoms with van der Waals surface area (Å²) in [6.45, 7) is 0. The van der Waals surface area contributed by atoms with Crippen molar-refractivity contribution in [3.05, 3.63) is 17.5 Å². The Hall–Kier alpha value is -1.01. The van der Waals surface area contributed by atoms with Gasteiger partial charge >= 0.3 is 0 Å². The van der Waals surface area contributed by atoms with E-state index in [1.54, 1.807) is 6.07 Å². The number of hydrogen-bond acceptors (Lipinski definition) is 5. The number of rotatable bonds is 5. The first-order valence-corrected chi connectivity index (χ1v) is 6.99. The fraction of sp³-hybridized carbons (Fsp3) is 0.636. The largest absolute Gasteiger partial charge is 0.360 e. The van der Waals surface area contributed by atoms with Crippen molar-refractivity contribution in [1.82, 2.24) is 10.6 Å². The lowest BCUT2D eigenvalue weighted by Crippen LogP contribution is -2.30. The van der Waals surface area contributed by atoms with Crippen LogP contribution in [0.3, 0.4) is 0 Å². The summed E-state index contributed by atoms with van der Waals surface area (Å²) in [5, 5.41) is 3.66. The van der Waals surface area contributed by atoms with Crippen molar-refractivity contribution >= 4 is 17.7 Å². The van der Waals surface area contributed by atoms with Gasteiger partial charge in [0.05, 0.1) is 5.75 Å². The van der Waals surface area contributed by atoms with Crippen molar-refractivity contribution in [2.45, 2.75) is 31.4 Å². The summed E-state index contributed by atoms with van der Waals surface area (Å²) in [5.74, 6) is 8.11. The summed E-state index contributed by atoms with van der Waals surface area (Å²) in [4.78, 5) is 11.1. The van der Waals surface area contributed by atoms with Crippen LogP contribution in [0.4, 0.5) is 0 Å². The summed E-state index contributed by atoms with van der Waals surface area (Å²) in [5.41, 5.74) is 2.27. The number of nitrogens with zero attached hydrogens (tertiary/aromatic N) is 1. The molecule has 1 aliphatic rings. The first kappa shape index (κ1) is 12.4. The zero-order chi connectivity index (χ0) is 12.1. The molecule has 0 bridgehead atoms. The van der Waals surface area contributed by atoms with E-state index in [9.17, 15) is 4.79 Å². The molecule has 94 valence electrons. The first-order valence-electron chi connectivity index (χ1n) is 5.84. The van der Waals surface area contributed by atoms with Crippen LogP contribution in [0.2, 0.25) is 0 Å². The van der Waals surface area contributed by atoms with Crippen molar-refractivity contribution in [2.75, 3.05) is 5.75 Å². The van der Waals surface area contributed by atoms with E-state index >= 15 is 0 Å². The SMILES string of the molecule is NNC(=O)c1cc(CSCC2CCCC2)on1. The highest BCUT2D eigenvalue weighted by atomic mass is 32.2. The molecule has 1 heterocycles. The summed E-state index contributed by atoms with van der Waals surface area (Å²) in [6.07, 6.45) is 5.44. The number of carbonyl (C=O) groups excluding carboxylic acids is 1. The van der Waals surface area contributed by atoms with Crippen LogP contribution in [0, 0.1) is 5.92 Å². The lowest BCUT2D eigenvalue weighted by atomic mass is 10.1. The molecule has 0 aromatic carbocycles. The van der Waals surface area contributed by atoms with Gasteiger partial charge in [0.25, 0.3) is 5.91 Å². The van der Waals surface area contributed by atoms with Crippen LogP contribution in [0.1, 0.15) is 41.9 Å². The van der Waals surface area contributed by atoms with Crippen LogP contribution in [0.5, 0.6) is 0 Å². The van der Waals surface area contributed by atoms with Gasteiger partial charge in [0.2, 0.25) is 0 Å². The maximum atomic E-state index is 11.1. The first-order chi connectivity index (χ1) is 8.29. The summed E-state index contributed by atoms with van der Waals surface area (Å²) in [6, 6.07) is 1.64. The smallest absolute Gasteiger partial charge is 0.287 e. The predicted octanol–water partition coefficient (Wildman–Crippen LogP) is 1.70.